The molecule has 0 radical (unpaired) electrons. The maximum Gasteiger partial charge on any atom is 0.329 e. The van der Waals surface area contributed by atoms with Crippen LogP contribution in [0.5, 0.6) is 5.75 Å². The first-order valence-electron chi connectivity index (χ1n) is 4.97. The highest BCUT2D eigenvalue weighted by Gasteiger charge is 2.05. The van der Waals surface area contributed by atoms with E-state index in [1.54, 1.807) is 7.11 Å². The molecule has 1 rings (SSSR count). The molecule has 0 bridgehead atoms. The van der Waals surface area contributed by atoms with Crippen LogP contribution in [0.2, 0.25) is 0 Å². The molecule has 0 unspecified atom stereocenters. The average Bonchev–Trinajstić information content (AvgIpc) is 2.25. The molecule has 0 aliphatic rings. The summed E-state index contributed by atoms with van der Waals surface area (Å²) in [5.74, 6) is 5.84. The van der Waals surface area contributed by atoms with E-state index in [4.69, 9.17) is 10.6 Å². The SMILES string of the molecule is COc1c(C)cc(CNC(=O)NN)cc1C. The van der Waals surface area contributed by atoms with E-state index in [1.165, 1.54) is 0 Å². The van der Waals surface area contributed by atoms with Crippen LogP contribution in [0.4, 0.5) is 4.79 Å². The van der Waals surface area contributed by atoms with Crippen LogP contribution in [0.3, 0.4) is 0 Å². The van der Waals surface area contributed by atoms with Crippen molar-refractivity contribution < 1.29 is 9.53 Å². The van der Waals surface area contributed by atoms with Crippen molar-refractivity contribution in [3.63, 3.8) is 0 Å². The number of hydrogen-bond donors (Lipinski definition) is 3. The number of ether oxygens (including phenoxy) is 1. The van der Waals surface area contributed by atoms with Crippen molar-refractivity contribution in [2.75, 3.05) is 7.11 Å². The highest BCUT2D eigenvalue weighted by Crippen LogP contribution is 2.24. The number of urea groups is 1. The zero-order valence-electron chi connectivity index (χ0n) is 9.76. The van der Waals surface area contributed by atoms with Gasteiger partial charge in [0.2, 0.25) is 0 Å². The largest absolute Gasteiger partial charge is 0.496 e. The second-order valence-corrected chi connectivity index (χ2v) is 3.59. The monoisotopic (exact) mass is 223 g/mol. The minimum Gasteiger partial charge on any atom is -0.496 e. The lowest BCUT2D eigenvalue weighted by molar-refractivity contribution is 0.241. The molecule has 2 amide bonds. The van der Waals surface area contributed by atoms with Gasteiger partial charge in [0.1, 0.15) is 5.75 Å². The number of hydrogen-bond acceptors (Lipinski definition) is 3. The summed E-state index contributed by atoms with van der Waals surface area (Å²) in [6.45, 7) is 4.38. The van der Waals surface area contributed by atoms with E-state index in [2.05, 4.69) is 5.32 Å². The first-order chi connectivity index (χ1) is 7.58. The van der Waals surface area contributed by atoms with Crippen LogP contribution >= 0.6 is 0 Å². The van der Waals surface area contributed by atoms with Crippen molar-refractivity contribution in [3.8, 4) is 5.75 Å². The molecule has 0 fully saturated rings. The number of aryl methyl sites for hydroxylation is 2. The molecule has 1 aromatic rings. The van der Waals surface area contributed by atoms with Gasteiger partial charge in [0, 0.05) is 6.54 Å². The molecule has 5 nitrogen and oxygen atoms in total. The van der Waals surface area contributed by atoms with Gasteiger partial charge in [-0.1, -0.05) is 12.1 Å². The Hall–Kier alpha value is -1.75. The van der Waals surface area contributed by atoms with Gasteiger partial charge in [0.15, 0.2) is 0 Å². The van der Waals surface area contributed by atoms with Gasteiger partial charge in [-0.3, -0.25) is 5.43 Å². The number of methoxy groups -OCH3 is 1. The number of carbonyl (C=O) groups excluding carboxylic acids is 1. The Morgan fingerprint density at radius 1 is 1.38 bits per heavy atom. The first-order valence-corrected chi connectivity index (χ1v) is 4.97. The molecule has 0 saturated carbocycles. The lowest BCUT2D eigenvalue weighted by Crippen LogP contribution is -2.39. The molecule has 0 heterocycles. The fraction of sp³-hybridized carbons (Fsp3) is 0.364. The molecule has 5 heteroatoms. The molecule has 0 saturated heterocycles. The number of nitrogens with one attached hydrogen (secondary N) is 2. The van der Waals surface area contributed by atoms with Gasteiger partial charge < -0.3 is 10.1 Å². The number of hydrazine groups is 1. The number of amides is 2. The summed E-state index contributed by atoms with van der Waals surface area (Å²) in [6.07, 6.45) is 0. The maximum absolute atomic E-state index is 10.9. The Bertz CT molecular complexity index is 368. The van der Waals surface area contributed by atoms with Gasteiger partial charge in [-0.05, 0) is 30.5 Å². The lowest BCUT2D eigenvalue weighted by Gasteiger charge is -2.11. The fourth-order valence-corrected chi connectivity index (χ4v) is 1.70. The van der Waals surface area contributed by atoms with Crippen molar-refractivity contribution in [1.82, 2.24) is 10.7 Å². The zero-order valence-corrected chi connectivity index (χ0v) is 9.76. The van der Waals surface area contributed by atoms with E-state index >= 15 is 0 Å². The smallest absolute Gasteiger partial charge is 0.329 e. The molecule has 16 heavy (non-hydrogen) atoms. The number of rotatable bonds is 3. The summed E-state index contributed by atoms with van der Waals surface area (Å²) in [5, 5.41) is 2.62. The molecule has 0 atom stereocenters. The highest BCUT2D eigenvalue weighted by atomic mass is 16.5. The molecule has 0 spiro atoms. The summed E-state index contributed by atoms with van der Waals surface area (Å²) in [6, 6.07) is 3.55. The second kappa shape index (κ2) is 5.37. The zero-order chi connectivity index (χ0) is 12.1. The van der Waals surface area contributed by atoms with E-state index < -0.39 is 6.03 Å². The first kappa shape index (κ1) is 12.3. The van der Waals surface area contributed by atoms with Gasteiger partial charge in [0.05, 0.1) is 7.11 Å². The Labute approximate surface area is 94.9 Å². The van der Waals surface area contributed by atoms with Crippen molar-refractivity contribution >= 4 is 6.03 Å². The fourth-order valence-electron chi connectivity index (χ4n) is 1.70. The van der Waals surface area contributed by atoms with Crippen molar-refractivity contribution in [2.24, 2.45) is 5.84 Å². The van der Waals surface area contributed by atoms with Crippen molar-refractivity contribution in [1.29, 1.82) is 0 Å². The summed E-state index contributed by atoms with van der Waals surface area (Å²) >= 11 is 0. The number of carbonyl (C=O) groups is 1. The lowest BCUT2D eigenvalue weighted by atomic mass is 10.1. The van der Waals surface area contributed by atoms with Gasteiger partial charge in [0.25, 0.3) is 0 Å². The predicted octanol–water partition coefficient (Wildman–Crippen LogP) is 0.985. The van der Waals surface area contributed by atoms with Crippen molar-refractivity contribution in [2.45, 2.75) is 20.4 Å². The van der Waals surface area contributed by atoms with E-state index in [0.717, 1.165) is 22.4 Å². The molecule has 88 valence electrons. The Morgan fingerprint density at radius 2 is 1.94 bits per heavy atom. The molecular formula is C11H17N3O2. The van der Waals surface area contributed by atoms with E-state index in [9.17, 15) is 4.79 Å². The minimum absolute atomic E-state index is 0.397. The summed E-state index contributed by atoms with van der Waals surface area (Å²) < 4.78 is 5.26. The normalized spacial score (nSPS) is 9.75. The molecule has 0 aromatic heterocycles. The van der Waals surface area contributed by atoms with Crippen LogP contribution in [0.15, 0.2) is 12.1 Å². The second-order valence-electron chi connectivity index (χ2n) is 3.59. The number of nitrogens with two attached hydrogens (primary N) is 1. The summed E-state index contributed by atoms with van der Waals surface area (Å²) in [7, 11) is 1.65. The Balaban J connectivity index is 2.79. The van der Waals surface area contributed by atoms with Gasteiger partial charge in [-0.15, -0.1) is 0 Å². The molecule has 0 aliphatic carbocycles. The standard InChI is InChI=1S/C11H17N3O2/c1-7-4-9(6-13-11(15)14-12)5-8(2)10(7)16-3/h4-5H,6,12H2,1-3H3,(H2,13,14,15). The molecule has 0 aliphatic heterocycles. The Morgan fingerprint density at radius 3 is 2.38 bits per heavy atom. The van der Waals surface area contributed by atoms with Crippen LogP contribution in [0, 0.1) is 13.8 Å². The van der Waals surface area contributed by atoms with Crippen LogP contribution < -0.4 is 21.3 Å². The number of benzene rings is 1. The average molecular weight is 223 g/mol. The minimum atomic E-state index is -0.397. The van der Waals surface area contributed by atoms with Crippen molar-refractivity contribution in [3.05, 3.63) is 28.8 Å². The van der Waals surface area contributed by atoms with Gasteiger partial charge >= 0.3 is 6.03 Å². The van der Waals surface area contributed by atoms with Crippen LogP contribution in [-0.2, 0) is 6.54 Å². The summed E-state index contributed by atoms with van der Waals surface area (Å²) in [4.78, 5) is 10.9. The van der Waals surface area contributed by atoms with Crippen LogP contribution in [-0.4, -0.2) is 13.1 Å². The quantitative estimate of drug-likeness (QED) is 0.406. The predicted molar refractivity (Wildman–Crippen MR) is 62.0 cm³/mol. The Kier molecular flexibility index (Phi) is 4.13. The highest BCUT2D eigenvalue weighted by molar-refractivity contribution is 5.73. The van der Waals surface area contributed by atoms with E-state index in [1.807, 2.05) is 31.4 Å². The molecule has 1 aromatic carbocycles. The third-order valence-corrected chi connectivity index (χ3v) is 2.31. The third kappa shape index (κ3) is 2.87. The van der Waals surface area contributed by atoms with Crippen LogP contribution in [0.25, 0.3) is 0 Å². The third-order valence-electron chi connectivity index (χ3n) is 2.31. The van der Waals surface area contributed by atoms with Crippen LogP contribution in [0.1, 0.15) is 16.7 Å². The van der Waals surface area contributed by atoms with E-state index in [0.29, 0.717) is 6.54 Å². The molecule has 4 N–H and O–H groups in total. The maximum atomic E-state index is 10.9. The van der Waals surface area contributed by atoms with Gasteiger partial charge in [-0.25, -0.2) is 10.6 Å². The molecular weight excluding hydrogens is 206 g/mol. The topological polar surface area (TPSA) is 76.4 Å². The van der Waals surface area contributed by atoms with Gasteiger partial charge in [-0.2, -0.15) is 0 Å². The van der Waals surface area contributed by atoms with E-state index in [-0.39, 0.29) is 0 Å². The summed E-state index contributed by atoms with van der Waals surface area (Å²) in [5.41, 5.74) is 5.12.